The van der Waals surface area contributed by atoms with Crippen LogP contribution in [0.4, 0.5) is 24.5 Å². The van der Waals surface area contributed by atoms with Crippen LogP contribution < -0.4 is 11.1 Å². The molecule has 0 spiro atoms. The maximum Gasteiger partial charge on any atom is 0.389 e. The van der Waals surface area contributed by atoms with Gasteiger partial charge in [0, 0.05) is 13.0 Å². The Balaban J connectivity index is 2.35. The molecule has 0 saturated heterocycles. The first-order valence-electron chi connectivity index (χ1n) is 6.13. The van der Waals surface area contributed by atoms with Gasteiger partial charge in [-0.2, -0.15) is 13.2 Å². The number of nitrogens with two attached hydrogens (primary N) is 1. The van der Waals surface area contributed by atoms with Gasteiger partial charge < -0.3 is 15.8 Å². The van der Waals surface area contributed by atoms with Gasteiger partial charge >= 0.3 is 6.18 Å². The third-order valence-corrected chi connectivity index (χ3v) is 2.56. The highest BCUT2D eigenvalue weighted by Gasteiger charge is 2.26. The van der Waals surface area contributed by atoms with E-state index in [1.54, 1.807) is 24.3 Å². The highest BCUT2D eigenvalue weighted by molar-refractivity contribution is 5.96. The lowest BCUT2D eigenvalue weighted by atomic mass is 10.2. The largest absolute Gasteiger partial charge is 0.397 e. The Labute approximate surface area is 115 Å². The number of hydrogen-bond acceptors (Lipinski definition) is 3. The molecule has 1 rings (SSSR count). The van der Waals surface area contributed by atoms with E-state index in [-0.39, 0.29) is 13.0 Å². The topological polar surface area (TPSA) is 64.3 Å². The fourth-order valence-corrected chi connectivity index (χ4v) is 1.45. The van der Waals surface area contributed by atoms with Crippen LogP contribution in [0.3, 0.4) is 0 Å². The zero-order chi connectivity index (χ0) is 15.2. The summed E-state index contributed by atoms with van der Waals surface area (Å²) in [5.41, 5.74) is 6.51. The Morgan fingerprint density at radius 1 is 1.40 bits per heavy atom. The molecule has 0 aliphatic carbocycles. The molecular formula is C13H17F3N2O2. The van der Waals surface area contributed by atoms with Crippen molar-refractivity contribution in [3.63, 3.8) is 0 Å². The number of para-hydroxylation sites is 2. The molecule has 3 N–H and O–H groups in total. The summed E-state index contributed by atoms with van der Waals surface area (Å²) in [6.07, 6.45) is -6.14. The lowest BCUT2D eigenvalue weighted by Crippen LogP contribution is -2.28. The second kappa shape index (κ2) is 7.14. The van der Waals surface area contributed by atoms with E-state index in [9.17, 15) is 18.0 Å². The van der Waals surface area contributed by atoms with Gasteiger partial charge in [-0.15, -0.1) is 0 Å². The van der Waals surface area contributed by atoms with Gasteiger partial charge in [-0.05, 0) is 25.5 Å². The number of carbonyl (C=O) groups is 1. The van der Waals surface area contributed by atoms with E-state index in [0.29, 0.717) is 11.4 Å². The zero-order valence-corrected chi connectivity index (χ0v) is 11.0. The lowest BCUT2D eigenvalue weighted by molar-refractivity contribution is -0.140. The lowest BCUT2D eigenvalue weighted by Gasteiger charge is -2.14. The summed E-state index contributed by atoms with van der Waals surface area (Å²) in [6.45, 7) is 1.35. The van der Waals surface area contributed by atoms with Crippen molar-refractivity contribution in [2.45, 2.75) is 32.0 Å². The summed E-state index contributed by atoms with van der Waals surface area (Å²) >= 11 is 0. The van der Waals surface area contributed by atoms with Crippen molar-refractivity contribution in [3.8, 4) is 0 Å². The third-order valence-electron chi connectivity index (χ3n) is 2.56. The van der Waals surface area contributed by atoms with Crippen molar-refractivity contribution in [2.75, 3.05) is 17.7 Å². The van der Waals surface area contributed by atoms with E-state index in [4.69, 9.17) is 10.5 Å². The summed E-state index contributed by atoms with van der Waals surface area (Å²) in [4.78, 5) is 11.7. The molecule has 1 atom stereocenters. The first kappa shape index (κ1) is 16.3. The van der Waals surface area contributed by atoms with Gasteiger partial charge in [0.1, 0.15) is 6.10 Å². The number of rotatable bonds is 6. The Bertz CT molecular complexity index is 449. The average molecular weight is 290 g/mol. The zero-order valence-electron chi connectivity index (χ0n) is 11.0. The number of nitrogen functional groups attached to an aromatic ring is 1. The standard InChI is InChI=1S/C13H17F3N2O2/c1-9(20-8-4-7-13(14,15)16)12(19)18-11-6-3-2-5-10(11)17/h2-3,5-6,9H,4,7-8,17H2,1H3,(H,18,19). The fraction of sp³-hybridized carbons (Fsp3) is 0.462. The quantitative estimate of drug-likeness (QED) is 0.625. The Hall–Kier alpha value is -1.76. The second-order valence-corrected chi connectivity index (χ2v) is 4.31. The Kier molecular flexibility index (Phi) is 5.82. The molecule has 1 aromatic carbocycles. The highest BCUT2D eigenvalue weighted by Crippen LogP contribution is 2.21. The highest BCUT2D eigenvalue weighted by atomic mass is 19.4. The number of alkyl halides is 3. The van der Waals surface area contributed by atoms with Gasteiger partial charge in [0.2, 0.25) is 0 Å². The number of hydrogen-bond donors (Lipinski definition) is 2. The van der Waals surface area contributed by atoms with Crippen LogP contribution >= 0.6 is 0 Å². The van der Waals surface area contributed by atoms with E-state index < -0.39 is 24.6 Å². The molecule has 1 unspecified atom stereocenters. The molecule has 0 aliphatic rings. The van der Waals surface area contributed by atoms with Crippen LogP contribution in [0.5, 0.6) is 0 Å². The van der Waals surface area contributed by atoms with E-state index in [2.05, 4.69) is 5.32 Å². The van der Waals surface area contributed by atoms with E-state index >= 15 is 0 Å². The molecule has 0 heterocycles. The molecular weight excluding hydrogens is 273 g/mol. The van der Waals surface area contributed by atoms with Crippen LogP contribution in [0.25, 0.3) is 0 Å². The minimum Gasteiger partial charge on any atom is -0.397 e. The summed E-state index contributed by atoms with van der Waals surface area (Å²) in [5, 5.41) is 2.56. The van der Waals surface area contributed by atoms with Gasteiger partial charge in [0.05, 0.1) is 11.4 Å². The number of nitrogens with one attached hydrogen (secondary N) is 1. The monoisotopic (exact) mass is 290 g/mol. The Morgan fingerprint density at radius 2 is 2.05 bits per heavy atom. The van der Waals surface area contributed by atoms with Crippen LogP contribution in [0, 0.1) is 0 Å². The molecule has 4 nitrogen and oxygen atoms in total. The molecule has 7 heteroatoms. The summed E-state index contributed by atoms with van der Waals surface area (Å²) in [7, 11) is 0. The van der Waals surface area contributed by atoms with Gasteiger partial charge in [0.25, 0.3) is 5.91 Å². The van der Waals surface area contributed by atoms with Crippen molar-refractivity contribution in [2.24, 2.45) is 0 Å². The van der Waals surface area contributed by atoms with Crippen molar-refractivity contribution in [3.05, 3.63) is 24.3 Å². The maximum atomic E-state index is 11.9. The molecule has 0 aliphatic heterocycles. The first-order chi connectivity index (χ1) is 9.29. The summed E-state index contributed by atoms with van der Waals surface area (Å²) in [6, 6.07) is 6.69. The SMILES string of the molecule is CC(OCCCC(F)(F)F)C(=O)Nc1ccccc1N. The molecule has 112 valence electrons. The molecule has 0 radical (unpaired) electrons. The van der Waals surface area contributed by atoms with Crippen LogP contribution in [0.15, 0.2) is 24.3 Å². The molecule has 1 amide bonds. The Morgan fingerprint density at radius 3 is 2.65 bits per heavy atom. The van der Waals surface area contributed by atoms with Gasteiger partial charge in [-0.1, -0.05) is 12.1 Å². The number of anilines is 2. The van der Waals surface area contributed by atoms with Crippen LogP contribution in [0.1, 0.15) is 19.8 Å². The van der Waals surface area contributed by atoms with Crippen molar-refractivity contribution in [1.82, 2.24) is 0 Å². The molecule has 0 bridgehead atoms. The van der Waals surface area contributed by atoms with Gasteiger partial charge in [0.15, 0.2) is 0 Å². The number of halogens is 3. The van der Waals surface area contributed by atoms with Crippen LogP contribution in [-0.4, -0.2) is 24.8 Å². The van der Waals surface area contributed by atoms with Gasteiger partial charge in [-0.25, -0.2) is 0 Å². The number of benzene rings is 1. The fourth-order valence-electron chi connectivity index (χ4n) is 1.45. The summed E-state index contributed by atoms with van der Waals surface area (Å²) in [5.74, 6) is -0.449. The number of carbonyl (C=O) groups excluding carboxylic acids is 1. The van der Waals surface area contributed by atoms with Crippen molar-refractivity contribution in [1.29, 1.82) is 0 Å². The van der Waals surface area contributed by atoms with Crippen molar-refractivity contribution < 1.29 is 22.7 Å². The minimum absolute atomic E-state index is 0.127. The van der Waals surface area contributed by atoms with E-state index in [0.717, 1.165) is 0 Å². The van der Waals surface area contributed by atoms with Crippen molar-refractivity contribution >= 4 is 17.3 Å². The number of amides is 1. The second-order valence-electron chi connectivity index (χ2n) is 4.31. The predicted octanol–water partition coefficient (Wildman–Crippen LogP) is 2.95. The van der Waals surface area contributed by atoms with E-state index in [1.165, 1.54) is 6.92 Å². The van der Waals surface area contributed by atoms with E-state index in [1.807, 2.05) is 0 Å². The number of ether oxygens (including phenoxy) is 1. The molecule has 0 aromatic heterocycles. The predicted molar refractivity (Wildman–Crippen MR) is 70.2 cm³/mol. The van der Waals surface area contributed by atoms with Gasteiger partial charge in [-0.3, -0.25) is 4.79 Å². The maximum absolute atomic E-state index is 11.9. The molecule has 0 saturated carbocycles. The normalized spacial score (nSPS) is 13.0. The average Bonchev–Trinajstić information content (AvgIpc) is 2.36. The third kappa shape index (κ3) is 5.92. The first-order valence-corrected chi connectivity index (χ1v) is 6.13. The minimum atomic E-state index is -4.20. The van der Waals surface area contributed by atoms with Crippen LogP contribution in [0.2, 0.25) is 0 Å². The summed E-state index contributed by atoms with van der Waals surface area (Å²) < 4.78 is 40.8. The molecule has 1 aromatic rings. The smallest absolute Gasteiger partial charge is 0.389 e. The van der Waals surface area contributed by atoms with Crippen LogP contribution in [-0.2, 0) is 9.53 Å². The molecule has 20 heavy (non-hydrogen) atoms. The molecule has 0 fully saturated rings.